The van der Waals surface area contributed by atoms with Crippen molar-refractivity contribution in [2.45, 2.75) is 45.6 Å². The lowest BCUT2D eigenvalue weighted by atomic mass is 9.96. The van der Waals surface area contributed by atoms with Crippen LogP contribution >= 0.6 is 0 Å². The fourth-order valence-electron chi connectivity index (χ4n) is 4.86. The molecule has 3 amide bonds. The number of hydrogen-bond donors (Lipinski definition) is 1. The van der Waals surface area contributed by atoms with E-state index >= 15 is 0 Å². The monoisotopic (exact) mass is 495 g/mol. The fraction of sp³-hybridized carbons (Fsp3) is 0.500. The maximum absolute atomic E-state index is 13.5. The zero-order chi connectivity index (χ0) is 25.7. The van der Waals surface area contributed by atoms with Crippen molar-refractivity contribution >= 4 is 17.6 Å². The number of fused-ring (bicyclic) bond motifs is 1. The summed E-state index contributed by atoms with van der Waals surface area (Å²) in [4.78, 5) is 30.0. The number of aryl methyl sites for hydroxylation is 1. The molecule has 36 heavy (non-hydrogen) atoms. The SMILES string of the molecule is CC[C@H]1CN(C(=O)N2CCC(C(=O)NCCc3ccc(OC)c(OC)c3)CC2)c2cc(C)ccc2O1. The van der Waals surface area contributed by atoms with Crippen LogP contribution in [-0.4, -0.2) is 63.3 Å². The molecule has 8 heteroatoms. The van der Waals surface area contributed by atoms with Gasteiger partial charge in [-0.3, -0.25) is 9.69 Å². The van der Waals surface area contributed by atoms with E-state index in [4.69, 9.17) is 14.2 Å². The van der Waals surface area contributed by atoms with E-state index in [0.717, 1.165) is 29.0 Å². The Morgan fingerprint density at radius 1 is 1.06 bits per heavy atom. The van der Waals surface area contributed by atoms with E-state index in [0.29, 0.717) is 56.9 Å². The van der Waals surface area contributed by atoms with E-state index in [1.54, 1.807) is 14.2 Å². The number of benzene rings is 2. The van der Waals surface area contributed by atoms with Gasteiger partial charge in [-0.15, -0.1) is 0 Å². The number of rotatable bonds is 7. The predicted octanol–water partition coefficient (Wildman–Crippen LogP) is 4.18. The summed E-state index contributed by atoms with van der Waals surface area (Å²) in [7, 11) is 3.22. The molecule has 2 aromatic carbocycles. The van der Waals surface area contributed by atoms with Crippen LogP contribution in [0.25, 0.3) is 0 Å². The summed E-state index contributed by atoms with van der Waals surface area (Å²) in [5.74, 6) is 2.10. The van der Waals surface area contributed by atoms with E-state index in [9.17, 15) is 9.59 Å². The Morgan fingerprint density at radius 2 is 1.81 bits per heavy atom. The van der Waals surface area contributed by atoms with Crippen LogP contribution in [0.1, 0.15) is 37.3 Å². The van der Waals surface area contributed by atoms with Gasteiger partial charge in [-0.25, -0.2) is 4.79 Å². The van der Waals surface area contributed by atoms with Gasteiger partial charge in [-0.05, 0) is 68.0 Å². The van der Waals surface area contributed by atoms with E-state index in [1.165, 1.54) is 0 Å². The second-order valence-electron chi connectivity index (χ2n) is 9.50. The van der Waals surface area contributed by atoms with E-state index in [1.807, 2.05) is 53.1 Å². The number of nitrogens with zero attached hydrogens (tertiary/aromatic N) is 2. The number of anilines is 1. The minimum absolute atomic E-state index is 0.00379. The zero-order valence-electron chi connectivity index (χ0n) is 21.7. The lowest BCUT2D eigenvalue weighted by molar-refractivity contribution is -0.126. The van der Waals surface area contributed by atoms with Gasteiger partial charge in [0.25, 0.3) is 0 Å². The minimum atomic E-state index is -0.0814. The van der Waals surface area contributed by atoms with Gasteiger partial charge in [-0.1, -0.05) is 19.1 Å². The van der Waals surface area contributed by atoms with Gasteiger partial charge in [0.1, 0.15) is 11.9 Å². The summed E-state index contributed by atoms with van der Waals surface area (Å²) >= 11 is 0. The van der Waals surface area contributed by atoms with Crippen molar-refractivity contribution in [3.8, 4) is 17.2 Å². The predicted molar refractivity (Wildman–Crippen MR) is 139 cm³/mol. The number of carbonyl (C=O) groups is 2. The van der Waals surface area contributed by atoms with Gasteiger partial charge in [0.15, 0.2) is 11.5 Å². The third-order valence-corrected chi connectivity index (χ3v) is 7.07. The molecular formula is C28H37N3O5. The number of likely N-dealkylation sites (tertiary alicyclic amines) is 1. The topological polar surface area (TPSA) is 80.3 Å². The number of amides is 3. The second kappa shape index (κ2) is 11.5. The zero-order valence-corrected chi connectivity index (χ0v) is 21.7. The molecule has 0 aliphatic carbocycles. The summed E-state index contributed by atoms with van der Waals surface area (Å²) in [6.07, 6.45) is 2.85. The molecule has 0 radical (unpaired) electrons. The standard InChI is InChI=1S/C28H37N3O5/c1-5-22-18-31(23-16-19(2)6-8-24(23)36-22)28(33)30-14-11-21(12-15-30)27(32)29-13-10-20-7-9-25(34-3)26(17-20)35-4/h6-9,16-17,21-22H,5,10-15,18H2,1-4H3,(H,29,32)/t22-/m0/s1. The minimum Gasteiger partial charge on any atom is -0.493 e. The Labute approximate surface area is 213 Å². The number of piperidine rings is 1. The first-order chi connectivity index (χ1) is 17.4. The van der Waals surface area contributed by atoms with E-state index < -0.39 is 0 Å². The van der Waals surface area contributed by atoms with E-state index in [2.05, 4.69) is 12.2 Å². The van der Waals surface area contributed by atoms with Crippen LogP contribution in [0.4, 0.5) is 10.5 Å². The van der Waals surface area contributed by atoms with Crippen molar-refractivity contribution < 1.29 is 23.8 Å². The van der Waals surface area contributed by atoms with Crippen molar-refractivity contribution in [3.05, 3.63) is 47.5 Å². The Morgan fingerprint density at radius 3 is 2.50 bits per heavy atom. The number of nitrogens with one attached hydrogen (secondary N) is 1. The van der Waals surface area contributed by atoms with Crippen LogP contribution in [0.2, 0.25) is 0 Å². The molecule has 194 valence electrons. The molecular weight excluding hydrogens is 458 g/mol. The van der Waals surface area contributed by atoms with Crippen molar-refractivity contribution in [1.29, 1.82) is 0 Å². The molecule has 0 spiro atoms. The molecule has 0 saturated carbocycles. The molecule has 4 rings (SSSR count). The largest absolute Gasteiger partial charge is 0.493 e. The van der Waals surface area contributed by atoms with Crippen LogP contribution < -0.4 is 24.4 Å². The number of methoxy groups -OCH3 is 2. The van der Waals surface area contributed by atoms with Crippen LogP contribution in [0.15, 0.2) is 36.4 Å². The number of carbonyl (C=O) groups excluding carboxylic acids is 2. The molecule has 2 aliphatic rings. The molecule has 0 unspecified atom stereocenters. The maximum Gasteiger partial charge on any atom is 0.324 e. The maximum atomic E-state index is 13.5. The molecule has 1 fully saturated rings. The first-order valence-electron chi connectivity index (χ1n) is 12.8. The van der Waals surface area contributed by atoms with Gasteiger partial charge in [0.05, 0.1) is 26.5 Å². The Hall–Kier alpha value is -3.42. The van der Waals surface area contributed by atoms with Gasteiger partial charge >= 0.3 is 6.03 Å². The third kappa shape index (κ3) is 5.69. The highest BCUT2D eigenvalue weighted by Gasteiger charge is 2.34. The van der Waals surface area contributed by atoms with Crippen LogP contribution in [0.5, 0.6) is 17.2 Å². The second-order valence-corrected chi connectivity index (χ2v) is 9.50. The summed E-state index contributed by atoms with van der Waals surface area (Å²) < 4.78 is 16.7. The summed E-state index contributed by atoms with van der Waals surface area (Å²) in [6.45, 7) is 6.33. The first kappa shape index (κ1) is 25.7. The molecule has 2 aliphatic heterocycles. The summed E-state index contributed by atoms with van der Waals surface area (Å²) in [5, 5.41) is 3.07. The average Bonchev–Trinajstić information content (AvgIpc) is 2.91. The van der Waals surface area contributed by atoms with Gasteiger partial charge in [0.2, 0.25) is 5.91 Å². The fourth-order valence-corrected chi connectivity index (χ4v) is 4.86. The Balaban J connectivity index is 1.29. The first-order valence-corrected chi connectivity index (χ1v) is 12.8. The lowest BCUT2D eigenvalue weighted by Crippen LogP contribution is -2.52. The van der Waals surface area contributed by atoms with Crippen LogP contribution in [0, 0.1) is 12.8 Å². The molecule has 2 heterocycles. The van der Waals surface area contributed by atoms with Crippen molar-refractivity contribution in [2.75, 3.05) is 45.3 Å². The van der Waals surface area contributed by atoms with Gasteiger partial charge in [0, 0.05) is 25.6 Å². The van der Waals surface area contributed by atoms with Crippen molar-refractivity contribution in [3.63, 3.8) is 0 Å². The van der Waals surface area contributed by atoms with Crippen LogP contribution in [0.3, 0.4) is 0 Å². The van der Waals surface area contributed by atoms with Gasteiger partial charge in [-0.2, -0.15) is 0 Å². The number of ether oxygens (including phenoxy) is 3. The van der Waals surface area contributed by atoms with Crippen molar-refractivity contribution in [2.24, 2.45) is 5.92 Å². The molecule has 2 aromatic rings. The Bertz CT molecular complexity index is 1080. The number of urea groups is 1. The summed E-state index contributed by atoms with van der Waals surface area (Å²) in [5.41, 5.74) is 2.99. The normalized spacial score (nSPS) is 17.7. The third-order valence-electron chi connectivity index (χ3n) is 7.07. The molecule has 0 aromatic heterocycles. The highest BCUT2D eigenvalue weighted by Crippen LogP contribution is 2.36. The molecule has 1 saturated heterocycles. The quantitative estimate of drug-likeness (QED) is 0.623. The highest BCUT2D eigenvalue weighted by molar-refractivity contribution is 5.94. The van der Waals surface area contributed by atoms with Crippen LogP contribution in [-0.2, 0) is 11.2 Å². The van der Waals surface area contributed by atoms with E-state index in [-0.39, 0.29) is 24.0 Å². The molecule has 0 bridgehead atoms. The van der Waals surface area contributed by atoms with Crippen molar-refractivity contribution in [1.82, 2.24) is 10.2 Å². The lowest BCUT2D eigenvalue weighted by Gasteiger charge is -2.39. The Kier molecular flexibility index (Phi) is 8.23. The smallest absolute Gasteiger partial charge is 0.324 e. The summed E-state index contributed by atoms with van der Waals surface area (Å²) in [6, 6.07) is 11.8. The number of hydrogen-bond acceptors (Lipinski definition) is 5. The molecule has 8 nitrogen and oxygen atoms in total. The molecule has 1 N–H and O–H groups in total. The highest BCUT2D eigenvalue weighted by atomic mass is 16.5. The van der Waals surface area contributed by atoms with Gasteiger partial charge < -0.3 is 24.4 Å². The molecule has 1 atom stereocenters. The average molecular weight is 496 g/mol.